The van der Waals surface area contributed by atoms with Crippen molar-refractivity contribution in [2.45, 2.75) is 7.43 Å². The summed E-state index contributed by atoms with van der Waals surface area (Å²) in [6.07, 6.45) is 1.82. The summed E-state index contributed by atoms with van der Waals surface area (Å²) in [5.74, 6) is 1.06. The van der Waals surface area contributed by atoms with Crippen molar-refractivity contribution in [2.24, 2.45) is 0 Å². The fraction of sp³-hybridized carbons (Fsp3) is 0.500. The molecule has 0 atom stereocenters. The number of morpholine rings is 1. The molecule has 3 heteroatoms. The van der Waals surface area contributed by atoms with E-state index in [1.807, 2.05) is 24.4 Å². The first-order chi connectivity index (χ1) is 5.97. The minimum Gasteiger partial charge on any atom is -0.378 e. The molecule has 1 aliphatic heterocycles. The van der Waals surface area contributed by atoms with Gasteiger partial charge >= 0.3 is 0 Å². The molecule has 0 saturated carbocycles. The Bertz CT molecular complexity index is 232. The minimum atomic E-state index is 0. The van der Waals surface area contributed by atoms with Crippen molar-refractivity contribution in [3.63, 3.8) is 0 Å². The zero-order chi connectivity index (χ0) is 8.23. The molecule has 1 aromatic heterocycles. The monoisotopic (exact) mass is 180 g/mol. The number of nitrogens with zero attached hydrogens (tertiary/aromatic N) is 2. The second-order valence-electron chi connectivity index (χ2n) is 2.79. The lowest BCUT2D eigenvalue weighted by Crippen LogP contribution is -2.36. The molecule has 0 N–H and O–H groups in total. The van der Waals surface area contributed by atoms with E-state index >= 15 is 0 Å². The van der Waals surface area contributed by atoms with Gasteiger partial charge in [0, 0.05) is 19.3 Å². The topological polar surface area (TPSA) is 25.4 Å². The van der Waals surface area contributed by atoms with Gasteiger partial charge in [-0.25, -0.2) is 4.98 Å². The molecular weight excluding hydrogens is 164 g/mol. The van der Waals surface area contributed by atoms with Gasteiger partial charge in [0.25, 0.3) is 0 Å². The van der Waals surface area contributed by atoms with Gasteiger partial charge in [-0.05, 0) is 12.1 Å². The quantitative estimate of drug-likeness (QED) is 0.655. The van der Waals surface area contributed by atoms with Crippen LogP contribution in [0.2, 0.25) is 0 Å². The van der Waals surface area contributed by atoms with Crippen LogP contribution in [-0.2, 0) is 4.74 Å². The van der Waals surface area contributed by atoms with Gasteiger partial charge in [0.1, 0.15) is 5.82 Å². The van der Waals surface area contributed by atoms with E-state index in [2.05, 4.69) is 9.88 Å². The highest BCUT2D eigenvalue weighted by Gasteiger charge is 2.10. The smallest absolute Gasteiger partial charge is 0.128 e. The molecule has 13 heavy (non-hydrogen) atoms. The molecule has 0 unspecified atom stereocenters. The summed E-state index contributed by atoms with van der Waals surface area (Å²) in [7, 11) is 0. The molecule has 0 aromatic carbocycles. The van der Waals surface area contributed by atoms with Crippen molar-refractivity contribution in [3.8, 4) is 0 Å². The van der Waals surface area contributed by atoms with Crippen LogP contribution in [0.3, 0.4) is 0 Å². The molecule has 1 aliphatic rings. The molecule has 0 radical (unpaired) electrons. The van der Waals surface area contributed by atoms with Gasteiger partial charge in [-0.1, -0.05) is 13.5 Å². The highest BCUT2D eigenvalue weighted by Crippen LogP contribution is 2.10. The molecular formula is C10H16N2O. The fourth-order valence-electron chi connectivity index (χ4n) is 1.33. The Kier molecular flexibility index (Phi) is 3.71. The third-order valence-corrected chi connectivity index (χ3v) is 1.98. The third-order valence-electron chi connectivity index (χ3n) is 1.98. The Morgan fingerprint density at radius 2 is 2.00 bits per heavy atom. The highest BCUT2D eigenvalue weighted by molar-refractivity contribution is 5.37. The van der Waals surface area contributed by atoms with Crippen molar-refractivity contribution in [3.05, 3.63) is 24.4 Å². The zero-order valence-corrected chi connectivity index (χ0v) is 6.94. The van der Waals surface area contributed by atoms with Gasteiger partial charge < -0.3 is 9.64 Å². The summed E-state index contributed by atoms with van der Waals surface area (Å²) >= 11 is 0. The molecule has 0 amide bonds. The van der Waals surface area contributed by atoms with Crippen molar-refractivity contribution < 1.29 is 4.74 Å². The second-order valence-corrected chi connectivity index (χ2v) is 2.79. The van der Waals surface area contributed by atoms with E-state index in [1.54, 1.807) is 0 Å². The van der Waals surface area contributed by atoms with E-state index in [4.69, 9.17) is 4.74 Å². The summed E-state index contributed by atoms with van der Waals surface area (Å²) in [6, 6.07) is 5.98. The maximum atomic E-state index is 5.25. The van der Waals surface area contributed by atoms with E-state index in [0.717, 1.165) is 32.1 Å². The Morgan fingerprint density at radius 1 is 1.23 bits per heavy atom. The summed E-state index contributed by atoms with van der Waals surface area (Å²) in [5.41, 5.74) is 0. The van der Waals surface area contributed by atoms with E-state index in [1.165, 1.54) is 0 Å². The minimum absolute atomic E-state index is 0. The Hall–Kier alpha value is -1.09. The molecule has 2 rings (SSSR count). The van der Waals surface area contributed by atoms with Gasteiger partial charge in [0.05, 0.1) is 13.2 Å². The number of hydrogen-bond donors (Lipinski definition) is 0. The normalized spacial score (nSPS) is 16.5. The summed E-state index contributed by atoms with van der Waals surface area (Å²) in [5, 5.41) is 0. The molecule has 1 saturated heterocycles. The Labute approximate surface area is 79.3 Å². The largest absolute Gasteiger partial charge is 0.378 e. The Balaban J connectivity index is 0.000000845. The highest BCUT2D eigenvalue weighted by atomic mass is 16.5. The van der Waals surface area contributed by atoms with E-state index < -0.39 is 0 Å². The van der Waals surface area contributed by atoms with Crippen LogP contribution in [-0.4, -0.2) is 31.3 Å². The lowest BCUT2D eigenvalue weighted by Gasteiger charge is -2.27. The number of pyridine rings is 1. The third kappa shape index (κ3) is 2.42. The van der Waals surface area contributed by atoms with Gasteiger partial charge in [-0.15, -0.1) is 0 Å². The molecule has 0 spiro atoms. The van der Waals surface area contributed by atoms with Crippen LogP contribution >= 0.6 is 0 Å². The van der Waals surface area contributed by atoms with Crippen molar-refractivity contribution in [2.75, 3.05) is 31.2 Å². The lowest BCUT2D eigenvalue weighted by molar-refractivity contribution is 0.122. The fourth-order valence-corrected chi connectivity index (χ4v) is 1.33. The zero-order valence-electron chi connectivity index (χ0n) is 6.94. The van der Waals surface area contributed by atoms with Crippen LogP contribution in [0.1, 0.15) is 7.43 Å². The van der Waals surface area contributed by atoms with Gasteiger partial charge in [0.2, 0.25) is 0 Å². The number of hydrogen-bond acceptors (Lipinski definition) is 3. The SMILES string of the molecule is C.c1ccc(N2CCOCC2)nc1. The first-order valence-corrected chi connectivity index (χ1v) is 4.20. The average Bonchev–Trinajstić information content (AvgIpc) is 2.21. The Morgan fingerprint density at radius 3 is 2.62 bits per heavy atom. The van der Waals surface area contributed by atoms with Gasteiger partial charge in [-0.2, -0.15) is 0 Å². The number of aromatic nitrogens is 1. The molecule has 0 bridgehead atoms. The van der Waals surface area contributed by atoms with E-state index in [0.29, 0.717) is 0 Å². The molecule has 1 fully saturated rings. The second kappa shape index (κ2) is 4.82. The summed E-state index contributed by atoms with van der Waals surface area (Å²) in [6.45, 7) is 3.54. The van der Waals surface area contributed by atoms with E-state index in [9.17, 15) is 0 Å². The number of ether oxygens (including phenoxy) is 1. The van der Waals surface area contributed by atoms with Crippen molar-refractivity contribution in [1.82, 2.24) is 4.98 Å². The van der Waals surface area contributed by atoms with Crippen LogP contribution in [0, 0.1) is 0 Å². The standard InChI is InChI=1S/C9H12N2O.CH4/c1-2-4-10-9(3-1)11-5-7-12-8-6-11;/h1-4H,5-8H2;1H4. The number of rotatable bonds is 1. The maximum Gasteiger partial charge on any atom is 0.128 e. The molecule has 2 heterocycles. The lowest BCUT2D eigenvalue weighted by atomic mass is 10.4. The molecule has 1 aromatic rings. The van der Waals surface area contributed by atoms with Crippen LogP contribution in [0.4, 0.5) is 5.82 Å². The summed E-state index contributed by atoms with van der Waals surface area (Å²) in [4.78, 5) is 6.51. The summed E-state index contributed by atoms with van der Waals surface area (Å²) < 4.78 is 5.25. The van der Waals surface area contributed by atoms with Crippen LogP contribution in [0.5, 0.6) is 0 Å². The van der Waals surface area contributed by atoms with E-state index in [-0.39, 0.29) is 7.43 Å². The first kappa shape index (κ1) is 9.99. The van der Waals surface area contributed by atoms with Gasteiger partial charge in [-0.3, -0.25) is 0 Å². The number of anilines is 1. The average molecular weight is 180 g/mol. The van der Waals surface area contributed by atoms with Crippen LogP contribution in [0.15, 0.2) is 24.4 Å². The maximum absolute atomic E-state index is 5.25. The molecule has 3 nitrogen and oxygen atoms in total. The first-order valence-electron chi connectivity index (χ1n) is 4.20. The predicted molar refractivity (Wildman–Crippen MR) is 54.0 cm³/mol. The molecule has 0 aliphatic carbocycles. The van der Waals surface area contributed by atoms with Crippen LogP contribution in [0.25, 0.3) is 0 Å². The van der Waals surface area contributed by atoms with Crippen molar-refractivity contribution >= 4 is 5.82 Å². The molecule has 72 valence electrons. The van der Waals surface area contributed by atoms with Crippen molar-refractivity contribution in [1.29, 1.82) is 0 Å². The van der Waals surface area contributed by atoms with Gasteiger partial charge in [0.15, 0.2) is 0 Å². The van der Waals surface area contributed by atoms with Crippen LogP contribution < -0.4 is 4.90 Å². The predicted octanol–water partition coefficient (Wildman–Crippen LogP) is 1.55.